The number of benzene rings is 4. The van der Waals surface area contributed by atoms with E-state index >= 15 is 0 Å². The summed E-state index contributed by atoms with van der Waals surface area (Å²) in [4.78, 5) is 24.9. The van der Waals surface area contributed by atoms with Gasteiger partial charge in [-0.3, -0.25) is 14.9 Å². The highest BCUT2D eigenvalue weighted by atomic mass is 32.1. The van der Waals surface area contributed by atoms with Crippen LogP contribution in [0, 0.1) is 0 Å². The van der Waals surface area contributed by atoms with Gasteiger partial charge in [0.05, 0.1) is 0 Å². The fourth-order valence-electron chi connectivity index (χ4n) is 3.55. The van der Waals surface area contributed by atoms with Crippen LogP contribution in [0.1, 0.15) is 26.3 Å². The minimum atomic E-state index is -0.295. The molecule has 4 aromatic rings. The number of nitrogens with one attached hydrogen (secondary N) is 3. The van der Waals surface area contributed by atoms with Crippen molar-refractivity contribution in [3.63, 3.8) is 0 Å². The number of rotatable bonds is 7. The van der Waals surface area contributed by atoms with Crippen molar-refractivity contribution in [1.82, 2.24) is 10.6 Å². The molecule has 0 heterocycles. The van der Waals surface area contributed by atoms with E-state index < -0.39 is 0 Å². The Morgan fingerprint density at radius 3 is 1.83 bits per heavy atom. The van der Waals surface area contributed by atoms with E-state index in [1.54, 1.807) is 36.4 Å². The SMILES string of the molecule is O=C(NCCc1ccccc1)c1ccc(NC(=S)NC(=O)c2ccc(-c3ccccc3)cc2)cc1. The standard InChI is InChI=1S/C29H25N3O2S/c33-27(30-20-19-21-7-3-1-4-8-21)24-15-17-26(18-16-24)31-29(35)32-28(34)25-13-11-23(12-14-25)22-9-5-2-6-10-22/h1-18H,19-20H2,(H,30,33)(H2,31,32,34,35). The zero-order valence-corrected chi connectivity index (χ0v) is 19.8. The Bertz CT molecular complexity index is 1290. The molecule has 0 aromatic heterocycles. The number of anilines is 1. The Labute approximate surface area is 210 Å². The summed E-state index contributed by atoms with van der Waals surface area (Å²) >= 11 is 5.28. The number of carbonyl (C=O) groups is 2. The number of thiocarbonyl (C=S) groups is 1. The van der Waals surface area contributed by atoms with Gasteiger partial charge in [0.25, 0.3) is 11.8 Å². The monoisotopic (exact) mass is 479 g/mol. The lowest BCUT2D eigenvalue weighted by Gasteiger charge is -2.11. The fourth-order valence-corrected chi connectivity index (χ4v) is 3.76. The van der Waals surface area contributed by atoms with Crippen molar-refractivity contribution in [3.05, 3.63) is 126 Å². The first kappa shape index (κ1) is 23.9. The quantitative estimate of drug-likeness (QED) is 0.308. The lowest BCUT2D eigenvalue weighted by atomic mass is 10.0. The smallest absolute Gasteiger partial charge is 0.257 e. The predicted molar refractivity (Wildman–Crippen MR) is 144 cm³/mol. The van der Waals surface area contributed by atoms with Gasteiger partial charge in [0.1, 0.15) is 0 Å². The van der Waals surface area contributed by atoms with E-state index in [4.69, 9.17) is 12.2 Å². The second kappa shape index (κ2) is 11.7. The second-order valence-electron chi connectivity index (χ2n) is 7.92. The van der Waals surface area contributed by atoms with Gasteiger partial charge in [-0.1, -0.05) is 72.8 Å². The molecule has 4 rings (SSSR count). The third-order valence-electron chi connectivity index (χ3n) is 5.43. The normalized spacial score (nSPS) is 10.3. The molecule has 0 saturated carbocycles. The lowest BCUT2D eigenvalue weighted by Crippen LogP contribution is -2.34. The van der Waals surface area contributed by atoms with Gasteiger partial charge in [0.2, 0.25) is 0 Å². The maximum Gasteiger partial charge on any atom is 0.257 e. The molecule has 0 atom stereocenters. The van der Waals surface area contributed by atoms with Gasteiger partial charge >= 0.3 is 0 Å². The molecule has 3 N–H and O–H groups in total. The van der Waals surface area contributed by atoms with Crippen LogP contribution in [0.15, 0.2) is 109 Å². The molecule has 0 aliphatic carbocycles. The van der Waals surface area contributed by atoms with Crippen LogP contribution in [0.4, 0.5) is 5.69 Å². The van der Waals surface area contributed by atoms with Crippen molar-refractivity contribution < 1.29 is 9.59 Å². The Balaban J connectivity index is 1.25. The number of hydrogen-bond acceptors (Lipinski definition) is 3. The molecule has 6 heteroatoms. The van der Waals surface area contributed by atoms with Gasteiger partial charge in [0, 0.05) is 23.4 Å². The zero-order chi connectivity index (χ0) is 24.5. The minimum absolute atomic E-state index is 0.137. The molecule has 0 fully saturated rings. The average Bonchev–Trinajstić information content (AvgIpc) is 2.90. The molecule has 0 saturated heterocycles. The predicted octanol–water partition coefficient (Wildman–Crippen LogP) is 5.45. The van der Waals surface area contributed by atoms with E-state index in [2.05, 4.69) is 16.0 Å². The fraction of sp³-hybridized carbons (Fsp3) is 0.0690. The summed E-state index contributed by atoms with van der Waals surface area (Å²) in [6, 6.07) is 34.3. The molecule has 35 heavy (non-hydrogen) atoms. The number of amides is 2. The van der Waals surface area contributed by atoms with Crippen LogP contribution in [0.2, 0.25) is 0 Å². The highest BCUT2D eigenvalue weighted by Gasteiger charge is 2.10. The molecule has 0 unspecified atom stereocenters. The van der Waals surface area contributed by atoms with Crippen LogP contribution in [0.25, 0.3) is 11.1 Å². The molecule has 0 spiro atoms. The third-order valence-corrected chi connectivity index (χ3v) is 5.63. The topological polar surface area (TPSA) is 70.2 Å². The maximum absolute atomic E-state index is 12.5. The molecule has 0 radical (unpaired) electrons. The number of carbonyl (C=O) groups excluding carboxylic acids is 2. The van der Waals surface area contributed by atoms with Gasteiger partial charge < -0.3 is 10.6 Å². The molecule has 0 aliphatic rings. The van der Waals surface area contributed by atoms with Crippen molar-refractivity contribution in [1.29, 1.82) is 0 Å². The molecular weight excluding hydrogens is 454 g/mol. The third kappa shape index (κ3) is 6.85. The van der Waals surface area contributed by atoms with Crippen LogP contribution >= 0.6 is 12.2 Å². The molecule has 0 bridgehead atoms. The van der Waals surface area contributed by atoms with Crippen molar-refractivity contribution in [2.75, 3.05) is 11.9 Å². The summed E-state index contributed by atoms with van der Waals surface area (Å²) in [5.41, 5.74) is 5.04. The summed E-state index contributed by atoms with van der Waals surface area (Å²) in [6.07, 6.45) is 0.773. The van der Waals surface area contributed by atoms with Crippen LogP contribution in [-0.4, -0.2) is 23.5 Å². The first-order valence-corrected chi connectivity index (χ1v) is 11.7. The summed E-state index contributed by atoms with van der Waals surface area (Å²) in [7, 11) is 0. The van der Waals surface area contributed by atoms with Crippen molar-refractivity contribution in [2.45, 2.75) is 6.42 Å². The summed E-state index contributed by atoms with van der Waals surface area (Å²) in [5.74, 6) is -0.432. The zero-order valence-electron chi connectivity index (χ0n) is 19.0. The first-order chi connectivity index (χ1) is 17.1. The largest absolute Gasteiger partial charge is 0.352 e. The summed E-state index contributed by atoms with van der Waals surface area (Å²) in [5, 5.41) is 8.77. The molecule has 2 amide bonds. The summed E-state index contributed by atoms with van der Waals surface area (Å²) < 4.78 is 0. The van der Waals surface area contributed by atoms with E-state index in [0.717, 1.165) is 17.5 Å². The first-order valence-electron chi connectivity index (χ1n) is 11.3. The van der Waals surface area contributed by atoms with Gasteiger partial charge in [-0.15, -0.1) is 0 Å². The van der Waals surface area contributed by atoms with Gasteiger partial charge in [-0.2, -0.15) is 0 Å². The number of hydrogen-bond donors (Lipinski definition) is 3. The second-order valence-corrected chi connectivity index (χ2v) is 8.33. The highest BCUT2D eigenvalue weighted by molar-refractivity contribution is 7.80. The molecule has 0 aliphatic heterocycles. The molecule has 174 valence electrons. The van der Waals surface area contributed by atoms with Gasteiger partial charge in [-0.25, -0.2) is 0 Å². The Hall–Kier alpha value is -4.29. The van der Waals surface area contributed by atoms with E-state index in [9.17, 15) is 9.59 Å². The Morgan fingerprint density at radius 1 is 0.629 bits per heavy atom. The van der Waals surface area contributed by atoms with Crippen LogP contribution in [-0.2, 0) is 6.42 Å². The Kier molecular flexibility index (Phi) is 7.99. The van der Waals surface area contributed by atoms with E-state index in [0.29, 0.717) is 23.4 Å². The highest BCUT2D eigenvalue weighted by Crippen LogP contribution is 2.19. The van der Waals surface area contributed by atoms with Crippen molar-refractivity contribution >= 4 is 34.8 Å². The van der Waals surface area contributed by atoms with Gasteiger partial charge in [-0.05, 0) is 71.7 Å². The van der Waals surface area contributed by atoms with E-state index in [1.807, 2.05) is 72.8 Å². The minimum Gasteiger partial charge on any atom is -0.352 e. The van der Waals surface area contributed by atoms with Crippen LogP contribution in [0.5, 0.6) is 0 Å². The van der Waals surface area contributed by atoms with Gasteiger partial charge in [0.15, 0.2) is 5.11 Å². The molecule has 5 nitrogen and oxygen atoms in total. The van der Waals surface area contributed by atoms with Crippen LogP contribution < -0.4 is 16.0 Å². The summed E-state index contributed by atoms with van der Waals surface area (Å²) in [6.45, 7) is 0.561. The van der Waals surface area contributed by atoms with E-state index in [-0.39, 0.29) is 16.9 Å². The molecule has 4 aromatic carbocycles. The molecular formula is C29H25N3O2S. The van der Waals surface area contributed by atoms with Crippen LogP contribution in [0.3, 0.4) is 0 Å². The average molecular weight is 480 g/mol. The van der Waals surface area contributed by atoms with Crippen molar-refractivity contribution in [3.8, 4) is 11.1 Å². The van der Waals surface area contributed by atoms with E-state index in [1.165, 1.54) is 5.56 Å². The maximum atomic E-state index is 12.5. The Morgan fingerprint density at radius 2 is 1.17 bits per heavy atom. The van der Waals surface area contributed by atoms with Crippen molar-refractivity contribution in [2.24, 2.45) is 0 Å². The lowest BCUT2D eigenvalue weighted by molar-refractivity contribution is 0.0951.